The lowest BCUT2D eigenvalue weighted by molar-refractivity contribution is -0.259. The first kappa shape index (κ1) is 47.1. The number of aliphatic hydroxyl groups excluding tert-OH is 1. The molecule has 0 aromatic heterocycles. The van der Waals surface area contributed by atoms with Crippen LogP contribution in [0.1, 0.15) is 61.3 Å². The molecule has 19 unspecified atom stereocenters. The summed E-state index contributed by atoms with van der Waals surface area (Å²) in [5, 5.41) is 40.7. The normalized spacial score (nSPS) is 39.3. The molecule has 49 heavy (non-hydrogen) atoms. The van der Waals surface area contributed by atoms with Crippen LogP contribution in [-0.4, -0.2) is 89.0 Å². The average molecular weight is 911 g/mol. The molecule has 0 aliphatic heterocycles. The number of carbonyl (C=O) groups is 2. The Balaban J connectivity index is 2.41. The molecule has 3 aliphatic carbocycles. The quantitative estimate of drug-likeness (QED) is 0.0828. The van der Waals surface area contributed by atoms with Gasteiger partial charge < -0.3 is 39.2 Å². The van der Waals surface area contributed by atoms with Crippen LogP contribution in [0.2, 0.25) is 0 Å². The Morgan fingerprint density at radius 2 is 1.69 bits per heavy atom. The second-order valence-electron chi connectivity index (χ2n) is 14.0. The van der Waals surface area contributed by atoms with E-state index in [4.69, 9.17) is 18.5 Å². The number of carbonyl (C=O) groups excluding carboxylic acids is 2. The molecule has 3 aliphatic rings. The number of ketones is 1. The van der Waals surface area contributed by atoms with E-state index in [2.05, 4.69) is 58.9 Å². The maximum atomic E-state index is 15.5. The van der Waals surface area contributed by atoms with E-state index in [9.17, 15) is 20.1 Å². The molecule has 0 amide bonds. The van der Waals surface area contributed by atoms with E-state index < -0.39 is 98.8 Å². The van der Waals surface area contributed by atoms with E-state index in [-0.39, 0.29) is 33.2 Å². The van der Waals surface area contributed by atoms with Crippen LogP contribution in [0.25, 0.3) is 0 Å². The number of hydrogen-bond donors (Lipinski definition) is 4. The van der Waals surface area contributed by atoms with Crippen molar-refractivity contribution in [1.82, 2.24) is 5.32 Å². The van der Waals surface area contributed by atoms with Crippen LogP contribution in [0.3, 0.4) is 0 Å². The minimum Gasteiger partial charge on any atom is -0.456 e. The van der Waals surface area contributed by atoms with Crippen molar-refractivity contribution in [2.24, 2.45) is 22.7 Å². The third-order valence-corrected chi connectivity index (χ3v) is 59.3. The molecule has 2 fully saturated rings. The van der Waals surface area contributed by atoms with Gasteiger partial charge in [-0.25, -0.2) is 4.79 Å². The Morgan fingerprint density at radius 1 is 1.10 bits per heavy atom. The summed E-state index contributed by atoms with van der Waals surface area (Å²) in [4.78, 5) is 29.3. The number of fused-ring (bicyclic) bond motifs is 3. The molecule has 3 rings (SSSR count). The number of likely N-dealkylation sites (N-methyl/N-ethyl adjacent to an activating group) is 1. The Morgan fingerprint density at radius 3 is 2.16 bits per heavy atom. The van der Waals surface area contributed by atoms with Crippen molar-refractivity contribution in [1.29, 1.82) is 0 Å². The summed E-state index contributed by atoms with van der Waals surface area (Å²) in [5.41, 5.74) is -4.59. The Labute approximate surface area is 314 Å². The molecule has 0 saturated heterocycles. The zero-order valence-electron chi connectivity index (χ0n) is 29.6. The summed E-state index contributed by atoms with van der Waals surface area (Å²) in [6, 6.07) is -0.350. The molecular formula is C27H57NO9P12. The predicted octanol–water partition coefficient (Wildman–Crippen LogP) is 7.64. The molecule has 21 atom stereocenters. The highest BCUT2D eigenvalue weighted by molar-refractivity contribution is 9.10. The summed E-state index contributed by atoms with van der Waals surface area (Å²) >= 11 is 0. The molecular weight excluding hydrogens is 854 g/mol. The van der Waals surface area contributed by atoms with Crippen molar-refractivity contribution in [2.75, 3.05) is 14.2 Å². The molecule has 0 aromatic carbocycles. The predicted molar refractivity (Wildman–Crippen MR) is 235 cm³/mol. The van der Waals surface area contributed by atoms with Crippen LogP contribution < -0.4 is 5.32 Å². The van der Waals surface area contributed by atoms with E-state index >= 15 is 4.79 Å². The number of aliphatic hydroxyl groups is 3. The van der Waals surface area contributed by atoms with E-state index in [1.807, 2.05) is 34.6 Å². The summed E-state index contributed by atoms with van der Waals surface area (Å²) in [6.45, 7) is 10.7. The van der Waals surface area contributed by atoms with Gasteiger partial charge in [0, 0.05) is 52.8 Å². The second kappa shape index (κ2) is 18.6. The first-order valence-corrected chi connectivity index (χ1v) is 36.0. The van der Waals surface area contributed by atoms with Gasteiger partial charge in [-0.2, -0.15) is 0 Å². The summed E-state index contributed by atoms with van der Waals surface area (Å²) in [7, 11) is 19.6. The van der Waals surface area contributed by atoms with Gasteiger partial charge in [-0.05, 0) is 65.8 Å². The first-order chi connectivity index (χ1) is 22.6. The number of Topliss-reactive ketones (excluding diaryl/α,β-unsaturated/α-hetero) is 1. The van der Waals surface area contributed by atoms with Gasteiger partial charge in [-0.15, -0.1) is 44.6 Å². The van der Waals surface area contributed by atoms with Crippen LogP contribution in [0.15, 0.2) is 11.1 Å². The smallest absolute Gasteiger partial charge is 0.337 e. The topological polar surface area (TPSA) is 144 Å². The molecule has 0 spiro atoms. The van der Waals surface area contributed by atoms with Gasteiger partial charge in [0.05, 0.1) is 36.4 Å². The zero-order chi connectivity index (χ0) is 37.6. The number of esters is 1. The van der Waals surface area contributed by atoms with Crippen molar-refractivity contribution in [2.45, 2.75) is 109 Å². The van der Waals surface area contributed by atoms with Gasteiger partial charge in [-0.3, -0.25) is 4.79 Å². The van der Waals surface area contributed by atoms with Crippen molar-refractivity contribution in [3.8, 4) is 0 Å². The number of methoxy groups -OCH3 is 1. The van der Waals surface area contributed by atoms with Crippen LogP contribution in [0.4, 0.5) is 0 Å². The standard InChI is InChI=1S/C27H57NO9P12/c1-12-15(35-23(31)19(36-44-38)14(3)28-8)11-27(33)13(2)21-25(6,16(29)10-17(34-9)26(21,7)32)22(30)20(18(12)24(27,4)5)37-46(47(40)41)49(45-39)48(42)43/h13-17,19-21,28-29,32-33,44-45H,10-11,38-43H2,1-9H3/t13?,14?,15?,16?,17?,19?,20?,21?,25-,26+,27?,46?,49?/m1/s1. The lowest BCUT2D eigenvalue weighted by Gasteiger charge is -2.65. The maximum absolute atomic E-state index is 15.5. The van der Waals surface area contributed by atoms with E-state index in [0.717, 1.165) is 0 Å². The number of rotatable bonds is 13. The minimum absolute atomic E-state index is 0.0142. The third-order valence-electron chi connectivity index (χ3n) is 11.3. The van der Waals surface area contributed by atoms with Gasteiger partial charge in [0.2, 0.25) is 0 Å². The van der Waals surface area contributed by atoms with Crippen LogP contribution >= 0.6 is 98.5 Å². The Bertz CT molecular complexity index is 1250. The SMILES string of the molecule is CNC(C)C(OPP)C(=O)OC1CC2(O)C(C)C3[C@@](C)(O)C(OC)CC(O)[C@@]3(C)C(=O)C(OP(P(P)P)P(PP)P(P)P)C(=C1C)C2(C)C. The maximum Gasteiger partial charge on any atom is 0.337 e. The van der Waals surface area contributed by atoms with Crippen LogP contribution in [-0.2, 0) is 28.1 Å². The highest BCUT2D eigenvalue weighted by Crippen LogP contribution is 3.09. The van der Waals surface area contributed by atoms with Gasteiger partial charge in [0.25, 0.3) is 0 Å². The fraction of sp³-hybridized carbons (Fsp3) is 0.852. The van der Waals surface area contributed by atoms with Crippen molar-refractivity contribution in [3.63, 3.8) is 0 Å². The summed E-state index contributed by atoms with van der Waals surface area (Å²) in [6.07, 6.45) is -4.89. The lowest BCUT2D eigenvalue weighted by atomic mass is 9.43. The lowest BCUT2D eigenvalue weighted by Crippen LogP contribution is -2.74. The van der Waals surface area contributed by atoms with Crippen molar-refractivity contribution < 1.29 is 43.4 Å². The van der Waals surface area contributed by atoms with Gasteiger partial charge >= 0.3 is 5.97 Å². The number of hydrogen-bond acceptors (Lipinski definition) is 10. The summed E-state index contributed by atoms with van der Waals surface area (Å²) < 4.78 is 25.0. The van der Waals surface area contributed by atoms with Crippen LogP contribution in [0.5, 0.6) is 0 Å². The average Bonchev–Trinajstić information content (AvgIpc) is 3.01. The Kier molecular flexibility index (Phi) is 17.9. The Hall–Kier alpha value is 3.76. The molecule has 0 heterocycles. The van der Waals surface area contributed by atoms with Gasteiger partial charge in [0.1, 0.15) is 12.2 Å². The molecule has 4 N–H and O–H groups in total. The fourth-order valence-corrected chi connectivity index (χ4v) is 75.4. The third kappa shape index (κ3) is 8.79. The highest BCUT2D eigenvalue weighted by Gasteiger charge is 2.71. The van der Waals surface area contributed by atoms with Crippen LogP contribution in [0, 0.1) is 22.7 Å². The van der Waals surface area contributed by atoms with E-state index in [0.29, 0.717) is 19.1 Å². The molecule has 10 nitrogen and oxygen atoms in total. The largest absolute Gasteiger partial charge is 0.456 e. The molecule has 2 saturated carbocycles. The molecule has 284 valence electrons. The molecule has 2 bridgehead atoms. The van der Waals surface area contributed by atoms with Gasteiger partial charge in [0.15, 0.2) is 11.9 Å². The molecule has 22 heteroatoms. The minimum atomic E-state index is -1.62. The summed E-state index contributed by atoms with van der Waals surface area (Å²) in [5.74, 6) is -2.63. The van der Waals surface area contributed by atoms with Gasteiger partial charge in [-0.1, -0.05) is 37.7 Å². The monoisotopic (exact) mass is 911 g/mol. The van der Waals surface area contributed by atoms with Crippen molar-refractivity contribution in [3.05, 3.63) is 11.1 Å². The zero-order valence-corrected chi connectivity index (χ0v) is 42.1. The highest BCUT2D eigenvalue weighted by atomic mass is 33.1. The second-order valence-corrected chi connectivity index (χ2v) is 49.7. The first-order valence-electron chi connectivity index (χ1n) is 15.8. The van der Waals surface area contributed by atoms with Crippen molar-refractivity contribution >= 4 is 110 Å². The molecule has 0 aromatic rings. The number of nitrogens with one attached hydrogen (secondary N) is 1. The molecule has 0 radical (unpaired) electrons. The van der Waals surface area contributed by atoms with E-state index in [1.54, 1.807) is 20.9 Å². The van der Waals surface area contributed by atoms with E-state index in [1.165, 1.54) is 7.11 Å². The number of ether oxygens (including phenoxy) is 2. The fourth-order valence-electron chi connectivity index (χ4n) is 8.46.